The minimum absolute atomic E-state index is 0.0209. The van der Waals surface area contributed by atoms with Gasteiger partial charge in [0, 0.05) is 36.0 Å². The van der Waals surface area contributed by atoms with Gasteiger partial charge in [-0.05, 0) is 37.6 Å². The van der Waals surface area contributed by atoms with Gasteiger partial charge >= 0.3 is 11.9 Å². The Labute approximate surface area is 289 Å². The Bertz CT molecular complexity index is 1790. The maximum absolute atomic E-state index is 12.8. The Morgan fingerprint density at radius 1 is 0.980 bits per heavy atom. The molecule has 4 amide bonds. The summed E-state index contributed by atoms with van der Waals surface area (Å²) < 4.78 is 0. The first-order valence-electron chi connectivity index (χ1n) is 15.0. The molecule has 12 N–H and O–H groups in total. The standard InChI is InChI=1S/C29H37N11O9S/c1-13(12-50)35-26(46)19(8-21(42)43)38-25(45)17(30)11-33-20(41)7-6-18(28(48)49)37-24(44)14-2-4-15(5-3-14)32-9-16-10-34-23-22(36-16)27(47)40-29(31)39-23/h2-5,10,13,17-19,32,50H,6-9,11-12,30H2,1H3,(H,33,41)(H,35,46)(H,37,44)(H,38,45)(H,42,43)(H,48,49)(H3,31,34,39,40,47)/t13-,17+,18+,19+/m1/s1. The molecule has 0 fully saturated rings. The second-order valence-corrected chi connectivity index (χ2v) is 11.3. The number of rotatable bonds is 18. The molecule has 50 heavy (non-hydrogen) atoms. The zero-order chi connectivity index (χ0) is 37.0. The number of thiol groups is 1. The number of aliphatic carboxylic acids is 2. The number of anilines is 2. The number of nitrogens with two attached hydrogens (primary N) is 2. The summed E-state index contributed by atoms with van der Waals surface area (Å²) in [6.07, 6.45) is 0.0681. The minimum Gasteiger partial charge on any atom is -0.481 e. The molecule has 0 unspecified atom stereocenters. The fourth-order valence-electron chi connectivity index (χ4n) is 4.22. The van der Waals surface area contributed by atoms with Gasteiger partial charge in [-0.15, -0.1) is 0 Å². The number of nitrogen functional groups attached to an aromatic ring is 1. The van der Waals surface area contributed by atoms with E-state index in [4.69, 9.17) is 16.6 Å². The highest BCUT2D eigenvalue weighted by molar-refractivity contribution is 7.80. The van der Waals surface area contributed by atoms with Crippen LogP contribution >= 0.6 is 12.6 Å². The lowest BCUT2D eigenvalue weighted by Gasteiger charge is -2.21. The Kier molecular flexibility index (Phi) is 14.0. The maximum atomic E-state index is 12.8. The molecule has 1 aromatic carbocycles. The molecule has 0 bridgehead atoms. The van der Waals surface area contributed by atoms with Crippen molar-refractivity contribution in [2.75, 3.05) is 23.3 Å². The largest absolute Gasteiger partial charge is 0.481 e. The molecule has 0 radical (unpaired) electrons. The number of fused-ring (bicyclic) bond motifs is 1. The molecule has 3 rings (SSSR count). The summed E-state index contributed by atoms with van der Waals surface area (Å²) >= 11 is 4.03. The van der Waals surface area contributed by atoms with Crippen molar-refractivity contribution in [3.05, 3.63) is 52.1 Å². The van der Waals surface area contributed by atoms with Crippen LogP contribution in [-0.2, 0) is 30.5 Å². The van der Waals surface area contributed by atoms with Crippen molar-refractivity contribution < 1.29 is 39.0 Å². The van der Waals surface area contributed by atoms with Crippen molar-refractivity contribution in [1.82, 2.24) is 41.2 Å². The van der Waals surface area contributed by atoms with Crippen LogP contribution in [0.25, 0.3) is 11.2 Å². The first-order chi connectivity index (χ1) is 23.7. The first kappa shape index (κ1) is 38.6. The number of nitrogens with one attached hydrogen (secondary N) is 6. The number of benzene rings is 1. The van der Waals surface area contributed by atoms with Crippen LogP contribution in [0.5, 0.6) is 0 Å². The van der Waals surface area contributed by atoms with Crippen molar-refractivity contribution in [1.29, 1.82) is 0 Å². The van der Waals surface area contributed by atoms with E-state index in [1.54, 1.807) is 19.1 Å². The van der Waals surface area contributed by atoms with Crippen molar-refractivity contribution in [3.63, 3.8) is 0 Å². The lowest BCUT2D eigenvalue weighted by atomic mass is 10.1. The lowest BCUT2D eigenvalue weighted by Crippen LogP contribution is -2.56. The average Bonchev–Trinajstić information content (AvgIpc) is 3.07. The monoisotopic (exact) mass is 715 g/mol. The summed E-state index contributed by atoms with van der Waals surface area (Å²) in [7, 11) is 0. The fraction of sp³-hybridized carbons (Fsp3) is 0.379. The molecule has 0 saturated heterocycles. The third kappa shape index (κ3) is 11.7. The van der Waals surface area contributed by atoms with Gasteiger partial charge in [-0.25, -0.2) is 14.8 Å². The second kappa shape index (κ2) is 18.1. The molecule has 0 aliphatic carbocycles. The van der Waals surface area contributed by atoms with Crippen molar-refractivity contribution in [3.8, 4) is 0 Å². The topological polar surface area (TPSA) is 327 Å². The Hall–Kier alpha value is -5.83. The predicted octanol–water partition coefficient (Wildman–Crippen LogP) is -2.29. The lowest BCUT2D eigenvalue weighted by molar-refractivity contribution is -0.141. The van der Waals surface area contributed by atoms with Gasteiger partial charge in [0.15, 0.2) is 11.2 Å². The van der Waals surface area contributed by atoms with E-state index < -0.39 is 78.3 Å². The molecule has 0 aliphatic rings. The molecule has 3 aromatic rings. The zero-order valence-electron chi connectivity index (χ0n) is 26.6. The van der Waals surface area contributed by atoms with Crippen molar-refractivity contribution in [2.45, 2.75) is 56.9 Å². The molecule has 0 spiro atoms. The highest BCUT2D eigenvalue weighted by atomic mass is 32.1. The van der Waals surface area contributed by atoms with Crippen LogP contribution in [-0.4, -0.2) is 102 Å². The highest BCUT2D eigenvalue weighted by Crippen LogP contribution is 2.12. The Morgan fingerprint density at radius 3 is 2.32 bits per heavy atom. The molecule has 0 saturated carbocycles. The third-order valence-electron chi connectivity index (χ3n) is 6.90. The quantitative estimate of drug-likeness (QED) is 0.0618. The summed E-state index contributed by atoms with van der Waals surface area (Å²) in [6.45, 7) is 1.41. The summed E-state index contributed by atoms with van der Waals surface area (Å²) in [5, 5.41) is 31.2. The summed E-state index contributed by atoms with van der Waals surface area (Å²) in [6, 6.07) is 1.43. The SMILES string of the molecule is C[C@H](CS)NC(=O)[C@H](CC(=O)O)NC(=O)[C@@H](N)CNC(=O)CC[C@H](NC(=O)c1ccc(NCc2cnc3nc(N)[nH]c(=O)c3n2)cc1)C(=O)O. The normalized spacial score (nSPS) is 13.3. The predicted molar refractivity (Wildman–Crippen MR) is 181 cm³/mol. The number of nitrogens with zero attached hydrogens (tertiary/aromatic N) is 3. The van der Waals surface area contributed by atoms with E-state index >= 15 is 0 Å². The second-order valence-electron chi connectivity index (χ2n) is 11.0. The van der Waals surface area contributed by atoms with Crippen LogP contribution in [0.4, 0.5) is 11.6 Å². The fourth-order valence-corrected chi connectivity index (χ4v) is 4.31. The number of carboxylic acids is 2. The maximum Gasteiger partial charge on any atom is 0.326 e. The summed E-state index contributed by atoms with van der Waals surface area (Å²) in [5.41, 5.74) is 12.0. The number of H-pyrrole nitrogens is 1. The van der Waals surface area contributed by atoms with Crippen LogP contribution in [0, 0.1) is 0 Å². The Morgan fingerprint density at radius 2 is 1.68 bits per heavy atom. The van der Waals surface area contributed by atoms with Gasteiger partial charge in [0.2, 0.25) is 23.7 Å². The van der Waals surface area contributed by atoms with E-state index in [0.717, 1.165) is 0 Å². The molecule has 268 valence electrons. The number of hydrogen-bond donors (Lipinski definition) is 11. The van der Waals surface area contributed by atoms with Gasteiger partial charge in [-0.2, -0.15) is 17.6 Å². The van der Waals surface area contributed by atoms with Crippen LogP contribution in [0.15, 0.2) is 35.3 Å². The molecule has 20 nitrogen and oxygen atoms in total. The molecule has 0 aliphatic heterocycles. The minimum atomic E-state index is -1.43. The third-order valence-corrected chi connectivity index (χ3v) is 7.45. The van der Waals surface area contributed by atoms with Gasteiger partial charge in [0.25, 0.3) is 11.5 Å². The summed E-state index contributed by atoms with van der Waals surface area (Å²) in [5.74, 6) is -5.56. The number of amides is 4. The Balaban J connectivity index is 1.47. The van der Waals surface area contributed by atoms with E-state index in [1.807, 2.05) is 0 Å². The van der Waals surface area contributed by atoms with Crippen LogP contribution in [0.3, 0.4) is 0 Å². The van der Waals surface area contributed by atoms with Gasteiger partial charge in [0.1, 0.15) is 18.1 Å². The number of aromatic nitrogens is 4. The molecule has 21 heteroatoms. The molecular weight excluding hydrogens is 678 g/mol. The van der Waals surface area contributed by atoms with Crippen LogP contribution in [0.2, 0.25) is 0 Å². The van der Waals surface area contributed by atoms with Gasteiger partial charge in [0.05, 0.1) is 24.9 Å². The molecular formula is C29H37N11O9S. The first-order valence-corrected chi connectivity index (χ1v) is 15.6. The zero-order valence-corrected chi connectivity index (χ0v) is 27.5. The van der Waals surface area contributed by atoms with Crippen LogP contribution in [0.1, 0.15) is 42.2 Å². The average molecular weight is 716 g/mol. The number of carboxylic acid groups (broad SMARTS) is 2. The van der Waals surface area contributed by atoms with Crippen LogP contribution < -0.4 is 43.6 Å². The van der Waals surface area contributed by atoms with Crippen molar-refractivity contribution >= 4 is 71.0 Å². The van der Waals surface area contributed by atoms with E-state index in [-0.39, 0.29) is 47.8 Å². The summed E-state index contributed by atoms with van der Waals surface area (Å²) in [4.78, 5) is 99.6. The molecule has 2 heterocycles. The van der Waals surface area contributed by atoms with E-state index in [0.29, 0.717) is 11.4 Å². The molecule has 2 aromatic heterocycles. The van der Waals surface area contributed by atoms with E-state index in [9.17, 15) is 38.7 Å². The molecule has 4 atom stereocenters. The van der Waals surface area contributed by atoms with Gasteiger partial charge in [-0.3, -0.25) is 33.8 Å². The van der Waals surface area contributed by atoms with E-state index in [2.05, 4.69) is 59.1 Å². The highest BCUT2D eigenvalue weighted by Gasteiger charge is 2.27. The number of carbonyl (C=O) groups is 6. The number of hydrogen-bond acceptors (Lipinski definition) is 14. The number of aromatic amines is 1. The smallest absolute Gasteiger partial charge is 0.326 e. The number of carbonyl (C=O) groups excluding carboxylic acids is 4. The van der Waals surface area contributed by atoms with E-state index in [1.165, 1.54) is 18.3 Å². The van der Waals surface area contributed by atoms with Crippen molar-refractivity contribution in [2.24, 2.45) is 5.73 Å². The van der Waals surface area contributed by atoms with Gasteiger partial charge < -0.3 is 48.3 Å². The van der Waals surface area contributed by atoms with Gasteiger partial charge in [-0.1, -0.05) is 0 Å².